The van der Waals surface area contributed by atoms with E-state index in [9.17, 15) is 4.79 Å². The van der Waals surface area contributed by atoms with Crippen LogP contribution < -0.4 is 4.90 Å². The summed E-state index contributed by atoms with van der Waals surface area (Å²) in [7, 11) is 1.79. The molecule has 1 amide bonds. The Morgan fingerprint density at radius 1 is 1.06 bits per heavy atom. The molecule has 2 saturated heterocycles. The van der Waals surface area contributed by atoms with Gasteiger partial charge in [0, 0.05) is 84.2 Å². The topological polar surface area (TPSA) is 52.2 Å². The lowest BCUT2D eigenvalue weighted by Gasteiger charge is -2.43. The molecule has 33 heavy (non-hydrogen) atoms. The highest BCUT2D eigenvalue weighted by Gasteiger charge is 2.30. The molecule has 0 aromatic carbocycles. The third kappa shape index (κ3) is 5.52. The van der Waals surface area contributed by atoms with Gasteiger partial charge < -0.3 is 14.5 Å². The zero-order valence-electron chi connectivity index (χ0n) is 20.4. The molecule has 5 rings (SSSR count). The standard InChI is InChI=1S/C26H41N5O2/c1-33-17-10-21-4-3-11-31(18-21)25-8-7-22-19-28(12-9-24(22)27-25)20-26(32)30-15-13-29(14-16-30)23-5-2-6-23/h7-8,21,23H,2-6,9-20H2,1H3. The second kappa shape index (κ2) is 10.7. The molecule has 1 saturated carbocycles. The Morgan fingerprint density at radius 3 is 2.67 bits per heavy atom. The number of carbonyl (C=O) groups is 1. The first-order valence-electron chi connectivity index (χ1n) is 13.2. The Labute approximate surface area is 199 Å². The van der Waals surface area contributed by atoms with Crippen LogP contribution in [0.2, 0.25) is 0 Å². The Balaban J connectivity index is 1.12. The molecule has 1 aromatic rings. The number of piperazine rings is 1. The van der Waals surface area contributed by atoms with Gasteiger partial charge in [-0.3, -0.25) is 14.6 Å². The van der Waals surface area contributed by atoms with Crippen molar-refractivity contribution in [1.82, 2.24) is 19.7 Å². The minimum Gasteiger partial charge on any atom is -0.385 e. The summed E-state index contributed by atoms with van der Waals surface area (Å²) in [5, 5.41) is 0. The van der Waals surface area contributed by atoms with Gasteiger partial charge in [-0.1, -0.05) is 12.5 Å². The average molecular weight is 456 g/mol. The SMILES string of the molecule is COCCC1CCCN(c2ccc3c(n2)CCN(CC(=O)N2CCN(C4CCC4)CC2)C3)C1. The lowest BCUT2D eigenvalue weighted by molar-refractivity contribution is -0.135. The summed E-state index contributed by atoms with van der Waals surface area (Å²) in [6, 6.07) is 5.24. The molecule has 0 N–H and O–H groups in total. The number of nitrogens with zero attached hydrogens (tertiary/aromatic N) is 5. The first kappa shape index (κ1) is 23.1. The molecular weight excluding hydrogens is 414 g/mol. The Bertz CT molecular complexity index is 806. The van der Waals surface area contributed by atoms with E-state index in [1.54, 1.807) is 7.11 Å². The number of fused-ring (bicyclic) bond motifs is 1. The van der Waals surface area contributed by atoms with Crippen LogP contribution in [0.15, 0.2) is 12.1 Å². The van der Waals surface area contributed by atoms with Gasteiger partial charge in [-0.2, -0.15) is 0 Å². The van der Waals surface area contributed by atoms with Crippen molar-refractivity contribution < 1.29 is 9.53 Å². The summed E-state index contributed by atoms with van der Waals surface area (Å²) >= 11 is 0. The predicted molar refractivity (Wildman–Crippen MR) is 130 cm³/mol. The first-order valence-corrected chi connectivity index (χ1v) is 13.2. The van der Waals surface area contributed by atoms with E-state index in [1.807, 2.05) is 0 Å². The number of rotatable bonds is 7. The molecule has 4 aliphatic rings. The number of hydrogen-bond donors (Lipinski definition) is 0. The highest BCUT2D eigenvalue weighted by molar-refractivity contribution is 5.78. The zero-order valence-corrected chi connectivity index (χ0v) is 20.4. The van der Waals surface area contributed by atoms with Crippen LogP contribution in [0.3, 0.4) is 0 Å². The second-order valence-corrected chi connectivity index (χ2v) is 10.5. The molecule has 182 valence electrons. The van der Waals surface area contributed by atoms with Gasteiger partial charge in [0.1, 0.15) is 5.82 Å². The van der Waals surface area contributed by atoms with Crippen molar-refractivity contribution in [3.63, 3.8) is 0 Å². The molecule has 4 heterocycles. The number of hydrogen-bond acceptors (Lipinski definition) is 6. The Hall–Kier alpha value is -1.70. The molecule has 1 unspecified atom stereocenters. The number of piperidine rings is 1. The van der Waals surface area contributed by atoms with Crippen LogP contribution in [-0.4, -0.2) is 97.7 Å². The van der Waals surface area contributed by atoms with Gasteiger partial charge in [-0.25, -0.2) is 4.98 Å². The van der Waals surface area contributed by atoms with Gasteiger partial charge in [-0.15, -0.1) is 0 Å². The van der Waals surface area contributed by atoms with Crippen LogP contribution in [0, 0.1) is 5.92 Å². The molecule has 1 atom stereocenters. The van der Waals surface area contributed by atoms with E-state index in [4.69, 9.17) is 9.72 Å². The third-order valence-corrected chi connectivity index (χ3v) is 8.30. The molecular formula is C26H41N5O2. The van der Waals surface area contributed by atoms with E-state index in [2.05, 4.69) is 31.7 Å². The van der Waals surface area contributed by atoms with Gasteiger partial charge in [0.15, 0.2) is 0 Å². The molecule has 3 fully saturated rings. The van der Waals surface area contributed by atoms with Crippen molar-refractivity contribution in [2.45, 2.75) is 57.5 Å². The van der Waals surface area contributed by atoms with Crippen molar-refractivity contribution >= 4 is 11.7 Å². The Kier molecular flexibility index (Phi) is 7.48. The number of amides is 1. The largest absolute Gasteiger partial charge is 0.385 e. The smallest absolute Gasteiger partial charge is 0.236 e. The normalized spacial score (nSPS) is 25.1. The highest BCUT2D eigenvalue weighted by atomic mass is 16.5. The maximum atomic E-state index is 12.9. The predicted octanol–water partition coefficient (Wildman–Crippen LogP) is 2.39. The van der Waals surface area contributed by atoms with Gasteiger partial charge >= 0.3 is 0 Å². The number of anilines is 1. The Morgan fingerprint density at radius 2 is 1.91 bits per heavy atom. The van der Waals surface area contributed by atoms with Crippen molar-refractivity contribution in [1.29, 1.82) is 0 Å². The number of ether oxygens (including phenoxy) is 1. The van der Waals surface area contributed by atoms with Gasteiger partial charge in [0.25, 0.3) is 0 Å². The van der Waals surface area contributed by atoms with Crippen molar-refractivity contribution in [2.75, 3.05) is 71.0 Å². The molecule has 0 spiro atoms. The van der Waals surface area contributed by atoms with Crippen molar-refractivity contribution in [2.24, 2.45) is 5.92 Å². The van der Waals surface area contributed by atoms with E-state index >= 15 is 0 Å². The quantitative estimate of drug-likeness (QED) is 0.629. The van der Waals surface area contributed by atoms with Crippen LogP contribution in [0.1, 0.15) is 49.8 Å². The molecule has 1 aromatic heterocycles. The zero-order chi connectivity index (χ0) is 22.6. The lowest BCUT2D eigenvalue weighted by Crippen LogP contribution is -2.55. The minimum atomic E-state index is 0.298. The summed E-state index contributed by atoms with van der Waals surface area (Å²) in [5.74, 6) is 2.13. The van der Waals surface area contributed by atoms with E-state index in [0.29, 0.717) is 18.4 Å². The van der Waals surface area contributed by atoms with Crippen LogP contribution >= 0.6 is 0 Å². The van der Waals surface area contributed by atoms with Crippen LogP contribution in [0.5, 0.6) is 0 Å². The third-order valence-electron chi connectivity index (χ3n) is 8.30. The number of aromatic nitrogens is 1. The van der Waals surface area contributed by atoms with Crippen LogP contribution in [0.4, 0.5) is 5.82 Å². The maximum Gasteiger partial charge on any atom is 0.236 e. The fraction of sp³-hybridized carbons (Fsp3) is 0.769. The molecule has 7 heteroatoms. The molecule has 7 nitrogen and oxygen atoms in total. The van der Waals surface area contributed by atoms with Gasteiger partial charge in [-0.05, 0) is 49.7 Å². The van der Waals surface area contributed by atoms with Crippen LogP contribution in [-0.2, 0) is 22.5 Å². The maximum absolute atomic E-state index is 12.9. The van der Waals surface area contributed by atoms with Crippen molar-refractivity contribution in [3.8, 4) is 0 Å². The van der Waals surface area contributed by atoms with Crippen LogP contribution in [0.25, 0.3) is 0 Å². The first-order chi connectivity index (χ1) is 16.2. The summed E-state index contributed by atoms with van der Waals surface area (Å²) in [6.45, 7) is 9.23. The summed E-state index contributed by atoms with van der Waals surface area (Å²) < 4.78 is 5.29. The van der Waals surface area contributed by atoms with Crippen molar-refractivity contribution in [3.05, 3.63) is 23.4 Å². The van der Waals surface area contributed by atoms with E-state index in [1.165, 1.54) is 43.4 Å². The summed E-state index contributed by atoms with van der Waals surface area (Å²) in [5.41, 5.74) is 2.52. The molecule has 1 aliphatic carbocycles. The van der Waals surface area contributed by atoms with E-state index in [-0.39, 0.29) is 0 Å². The highest BCUT2D eigenvalue weighted by Crippen LogP contribution is 2.27. The van der Waals surface area contributed by atoms with Gasteiger partial charge in [0.2, 0.25) is 5.91 Å². The molecule has 0 bridgehead atoms. The lowest BCUT2D eigenvalue weighted by atomic mass is 9.91. The fourth-order valence-electron chi connectivity index (χ4n) is 5.95. The van der Waals surface area contributed by atoms with E-state index < -0.39 is 0 Å². The molecule has 0 radical (unpaired) electrons. The monoisotopic (exact) mass is 455 g/mol. The summed E-state index contributed by atoms with van der Waals surface area (Å²) in [4.78, 5) is 27.5. The number of methoxy groups -OCH3 is 1. The minimum absolute atomic E-state index is 0.298. The number of pyridine rings is 1. The number of carbonyl (C=O) groups excluding carboxylic acids is 1. The average Bonchev–Trinajstić information content (AvgIpc) is 2.82. The molecule has 3 aliphatic heterocycles. The van der Waals surface area contributed by atoms with Gasteiger partial charge in [0.05, 0.1) is 6.54 Å². The second-order valence-electron chi connectivity index (χ2n) is 10.5. The summed E-state index contributed by atoms with van der Waals surface area (Å²) in [6.07, 6.45) is 8.68. The van der Waals surface area contributed by atoms with E-state index in [0.717, 1.165) is 83.7 Å². The fourth-order valence-corrected chi connectivity index (χ4v) is 5.95.